The van der Waals surface area contributed by atoms with Crippen LogP contribution in [0.3, 0.4) is 0 Å². The fourth-order valence-corrected chi connectivity index (χ4v) is 4.36. The Morgan fingerprint density at radius 1 is 1.25 bits per heavy atom. The smallest absolute Gasteiger partial charge is 0.214 e. The van der Waals surface area contributed by atoms with Crippen molar-refractivity contribution in [2.45, 2.75) is 49.6 Å². The van der Waals surface area contributed by atoms with Crippen molar-refractivity contribution >= 4 is 21.6 Å². The molecule has 2 rings (SSSR count). The molecule has 0 aromatic heterocycles. The van der Waals surface area contributed by atoms with E-state index in [1.807, 2.05) is 0 Å². The summed E-state index contributed by atoms with van der Waals surface area (Å²) >= 11 is 6.04. The van der Waals surface area contributed by atoms with Crippen molar-refractivity contribution in [1.82, 2.24) is 4.72 Å². The number of sulfonamides is 1. The average molecular weight is 268 g/mol. The van der Waals surface area contributed by atoms with Crippen LogP contribution in [0.2, 0.25) is 0 Å². The minimum atomic E-state index is -3.24. The van der Waals surface area contributed by atoms with Crippen LogP contribution in [0.1, 0.15) is 32.1 Å². The highest BCUT2D eigenvalue weighted by Crippen LogP contribution is 2.25. The maximum absolute atomic E-state index is 11.8. The van der Waals surface area contributed by atoms with Gasteiger partial charge in [-0.1, -0.05) is 6.42 Å². The number of hydrogen-bond donors (Lipinski definition) is 1. The Labute approximate surface area is 102 Å². The van der Waals surface area contributed by atoms with Crippen molar-refractivity contribution in [3.63, 3.8) is 0 Å². The van der Waals surface area contributed by atoms with E-state index < -0.39 is 10.0 Å². The van der Waals surface area contributed by atoms with Gasteiger partial charge in [-0.25, -0.2) is 13.1 Å². The first kappa shape index (κ1) is 12.6. The van der Waals surface area contributed by atoms with Crippen LogP contribution in [-0.4, -0.2) is 38.3 Å². The molecule has 3 unspecified atom stereocenters. The van der Waals surface area contributed by atoms with Crippen molar-refractivity contribution in [3.8, 4) is 0 Å². The molecule has 4 nitrogen and oxygen atoms in total. The summed E-state index contributed by atoms with van der Waals surface area (Å²) in [5.41, 5.74) is 0. The Morgan fingerprint density at radius 3 is 2.62 bits per heavy atom. The topological polar surface area (TPSA) is 55.4 Å². The Balaban J connectivity index is 1.86. The molecule has 0 bridgehead atoms. The molecule has 1 heterocycles. The van der Waals surface area contributed by atoms with E-state index >= 15 is 0 Å². The highest BCUT2D eigenvalue weighted by atomic mass is 35.5. The zero-order valence-corrected chi connectivity index (χ0v) is 10.8. The lowest BCUT2D eigenvalue weighted by Crippen LogP contribution is -2.41. The summed E-state index contributed by atoms with van der Waals surface area (Å²) in [7, 11) is -3.24. The zero-order chi connectivity index (χ0) is 11.6. The molecule has 6 heteroatoms. The van der Waals surface area contributed by atoms with Crippen molar-refractivity contribution in [1.29, 1.82) is 0 Å². The van der Waals surface area contributed by atoms with Crippen LogP contribution >= 0.6 is 11.6 Å². The van der Waals surface area contributed by atoms with Crippen molar-refractivity contribution in [3.05, 3.63) is 0 Å². The van der Waals surface area contributed by atoms with E-state index in [1.54, 1.807) is 0 Å². The minimum absolute atomic E-state index is 0.0562. The maximum atomic E-state index is 11.8. The summed E-state index contributed by atoms with van der Waals surface area (Å²) in [5, 5.41) is -0.0562. The molecule has 0 spiro atoms. The second kappa shape index (κ2) is 5.21. The first-order chi connectivity index (χ1) is 7.57. The molecule has 0 amide bonds. The fourth-order valence-electron chi connectivity index (χ4n) is 2.35. The Bertz CT molecular complexity index is 327. The van der Waals surface area contributed by atoms with Gasteiger partial charge in [-0.2, -0.15) is 0 Å². The third kappa shape index (κ3) is 3.32. The summed E-state index contributed by atoms with van der Waals surface area (Å²) in [4.78, 5) is 0. The van der Waals surface area contributed by atoms with Gasteiger partial charge in [0.1, 0.15) is 0 Å². The molecule has 1 aliphatic heterocycles. The van der Waals surface area contributed by atoms with E-state index in [2.05, 4.69) is 4.72 Å². The van der Waals surface area contributed by atoms with Gasteiger partial charge in [0, 0.05) is 18.0 Å². The van der Waals surface area contributed by atoms with E-state index in [0.29, 0.717) is 6.61 Å². The summed E-state index contributed by atoms with van der Waals surface area (Å²) < 4.78 is 31.7. The molecule has 1 N–H and O–H groups in total. The molecule has 16 heavy (non-hydrogen) atoms. The largest absolute Gasteiger partial charge is 0.377 e. The number of hydrogen-bond acceptors (Lipinski definition) is 3. The predicted octanol–water partition coefficient (Wildman–Crippen LogP) is 1.24. The standard InChI is InChI=1S/C10H18ClNO3S/c11-9-4-1-5-10(9)12-16(13,14)7-8-3-2-6-15-8/h8-10,12H,1-7H2. The summed E-state index contributed by atoms with van der Waals surface area (Å²) in [6.07, 6.45) is 4.42. The van der Waals surface area contributed by atoms with Gasteiger partial charge in [-0.3, -0.25) is 0 Å². The third-order valence-corrected chi connectivity index (χ3v) is 5.19. The van der Waals surface area contributed by atoms with Gasteiger partial charge in [-0.05, 0) is 25.7 Å². The molecule has 2 fully saturated rings. The molecule has 1 aliphatic carbocycles. The normalized spacial score (nSPS) is 35.7. The van der Waals surface area contributed by atoms with E-state index in [9.17, 15) is 8.42 Å². The summed E-state index contributed by atoms with van der Waals surface area (Å²) in [6, 6.07) is -0.0898. The van der Waals surface area contributed by atoms with Crippen molar-refractivity contribution in [2.24, 2.45) is 0 Å². The average Bonchev–Trinajstić information content (AvgIpc) is 2.78. The number of alkyl halides is 1. The van der Waals surface area contributed by atoms with E-state index in [1.165, 1.54) is 0 Å². The van der Waals surface area contributed by atoms with Gasteiger partial charge >= 0.3 is 0 Å². The summed E-state index contributed by atoms with van der Waals surface area (Å²) in [5.74, 6) is 0.0765. The van der Waals surface area contributed by atoms with Gasteiger partial charge in [-0.15, -0.1) is 11.6 Å². The van der Waals surface area contributed by atoms with Gasteiger partial charge < -0.3 is 4.74 Å². The zero-order valence-electron chi connectivity index (χ0n) is 9.19. The second-order valence-electron chi connectivity index (χ2n) is 4.59. The number of halogens is 1. The molecule has 0 radical (unpaired) electrons. The minimum Gasteiger partial charge on any atom is -0.377 e. The Kier molecular flexibility index (Phi) is 4.11. The Hall–Kier alpha value is 0.160. The lowest BCUT2D eigenvalue weighted by atomic mass is 10.3. The predicted molar refractivity (Wildman–Crippen MR) is 63.2 cm³/mol. The number of ether oxygens (including phenoxy) is 1. The quantitative estimate of drug-likeness (QED) is 0.780. The van der Waals surface area contributed by atoms with Gasteiger partial charge in [0.05, 0.1) is 11.9 Å². The number of rotatable bonds is 4. The van der Waals surface area contributed by atoms with Crippen LogP contribution in [0.4, 0.5) is 0 Å². The molecular weight excluding hydrogens is 250 g/mol. The van der Waals surface area contributed by atoms with E-state index in [0.717, 1.165) is 32.1 Å². The van der Waals surface area contributed by atoms with Gasteiger partial charge in [0.15, 0.2) is 0 Å². The SMILES string of the molecule is O=S(=O)(CC1CCCO1)NC1CCCC1Cl. The van der Waals surface area contributed by atoms with Crippen LogP contribution in [0, 0.1) is 0 Å². The second-order valence-corrected chi connectivity index (χ2v) is 6.95. The monoisotopic (exact) mass is 267 g/mol. The van der Waals surface area contributed by atoms with Gasteiger partial charge in [0.25, 0.3) is 0 Å². The van der Waals surface area contributed by atoms with Crippen molar-refractivity contribution < 1.29 is 13.2 Å². The highest BCUT2D eigenvalue weighted by molar-refractivity contribution is 7.89. The lowest BCUT2D eigenvalue weighted by molar-refractivity contribution is 0.127. The number of nitrogens with one attached hydrogen (secondary N) is 1. The molecular formula is C10H18ClNO3S. The van der Waals surface area contributed by atoms with E-state index in [4.69, 9.17) is 16.3 Å². The summed E-state index contributed by atoms with van der Waals surface area (Å²) in [6.45, 7) is 0.682. The maximum Gasteiger partial charge on any atom is 0.214 e. The third-order valence-electron chi connectivity index (χ3n) is 3.19. The highest BCUT2D eigenvalue weighted by Gasteiger charge is 2.31. The molecule has 2 aliphatic rings. The first-order valence-electron chi connectivity index (χ1n) is 5.82. The molecule has 94 valence electrons. The Morgan fingerprint density at radius 2 is 2.06 bits per heavy atom. The lowest BCUT2D eigenvalue weighted by Gasteiger charge is -2.17. The molecule has 1 saturated carbocycles. The molecule has 1 saturated heterocycles. The molecule has 0 aromatic carbocycles. The molecule has 3 atom stereocenters. The first-order valence-corrected chi connectivity index (χ1v) is 7.91. The fraction of sp³-hybridized carbons (Fsp3) is 1.00. The van der Waals surface area contributed by atoms with Crippen LogP contribution in [-0.2, 0) is 14.8 Å². The van der Waals surface area contributed by atoms with Crippen LogP contribution in [0.25, 0.3) is 0 Å². The van der Waals surface area contributed by atoms with Crippen molar-refractivity contribution in [2.75, 3.05) is 12.4 Å². The van der Waals surface area contributed by atoms with Crippen LogP contribution in [0.15, 0.2) is 0 Å². The van der Waals surface area contributed by atoms with Gasteiger partial charge in [0.2, 0.25) is 10.0 Å². The van der Waals surface area contributed by atoms with Crippen LogP contribution < -0.4 is 4.72 Å². The molecule has 0 aromatic rings. The van der Waals surface area contributed by atoms with E-state index in [-0.39, 0.29) is 23.3 Å². The van der Waals surface area contributed by atoms with Crippen LogP contribution in [0.5, 0.6) is 0 Å².